The van der Waals surface area contributed by atoms with Gasteiger partial charge in [-0.3, -0.25) is 9.69 Å². The van der Waals surface area contributed by atoms with Crippen LogP contribution in [0.1, 0.15) is 13.8 Å². The number of likely N-dealkylation sites (N-methyl/N-ethyl adjacent to an activating group) is 1. The average Bonchev–Trinajstić information content (AvgIpc) is 2.26. The van der Waals surface area contributed by atoms with Gasteiger partial charge in [-0.15, -0.1) is 0 Å². The highest BCUT2D eigenvalue weighted by Gasteiger charge is 2.20. The SMILES string of the molecule is CCN1CCOC(CNC(=O)[C@H](C)N)C1. The van der Waals surface area contributed by atoms with Crippen molar-refractivity contribution in [3.05, 3.63) is 0 Å². The molecular weight excluding hydrogens is 194 g/mol. The third-order valence-corrected chi connectivity index (χ3v) is 2.59. The minimum Gasteiger partial charge on any atom is -0.374 e. The van der Waals surface area contributed by atoms with Gasteiger partial charge in [-0.05, 0) is 13.5 Å². The van der Waals surface area contributed by atoms with Gasteiger partial charge in [-0.25, -0.2) is 0 Å². The number of carbonyl (C=O) groups is 1. The molecule has 0 saturated carbocycles. The molecule has 1 unspecified atom stereocenters. The lowest BCUT2D eigenvalue weighted by atomic mass is 10.2. The van der Waals surface area contributed by atoms with Gasteiger partial charge in [0, 0.05) is 19.6 Å². The summed E-state index contributed by atoms with van der Waals surface area (Å²) in [6, 6.07) is -0.448. The van der Waals surface area contributed by atoms with Crippen LogP contribution in [0, 0.1) is 0 Å². The molecule has 0 aromatic heterocycles. The maximum absolute atomic E-state index is 11.2. The van der Waals surface area contributed by atoms with E-state index in [0.717, 1.165) is 26.2 Å². The lowest BCUT2D eigenvalue weighted by molar-refractivity contribution is -0.123. The number of nitrogens with one attached hydrogen (secondary N) is 1. The van der Waals surface area contributed by atoms with Crippen LogP contribution in [-0.4, -0.2) is 55.7 Å². The van der Waals surface area contributed by atoms with E-state index < -0.39 is 6.04 Å². The average molecular weight is 215 g/mol. The highest BCUT2D eigenvalue weighted by atomic mass is 16.5. The molecule has 1 aliphatic rings. The van der Waals surface area contributed by atoms with Crippen LogP contribution in [0.25, 0.3) is 0 Å². The van der Waals surface area contributed by atoms with Crippen molar-refractivity contribution in [2.45, 2.75) is 26.0 Å². The van der Waals surface area contributed by atoms with Crippen molar-refractivity contribution in [1.82, 2.24) is 10.2 Å². The first kappa shape index (κ1) is 12.4. The monoisotopic (exact) mass is 215 g/mol. The molecule has 1 rings (SSSR count). The second-order valence-electron chi connectivity index (χ2n) is 3.92. The molecule has 1 heterocycles. The number of nitrogens with zero attached hydrogens (tertiary/aromatic N) is 1. The molecule has 0 aromatic carbocycles. The van der Waals surface area contributed by atoms with Crippen LogP contribution in [0.15, 0.2) is 0 Å². The van der Waals surface area contributed by atoms with Crippen molar-refractivity contribution in [1.29, 1.82) is 0 Å². The predicted molar refractivity (Wildman–Crippen MR) is 58.5 cm³/mol. The van der Waals surface area contributed by atoms with Gasteiger partial charge in [0.2, 0.25) is 5.91 Å². The van der Waals surface area contributed by atoms with Crippen molar-refractivity contribution in [3.8, 4) is 0 Å². The molecule has 0 spiro atoms. The van der Waals surface area contributed by atoms with Gasteiger partial charge in [-0.1, -0.05) is 6.92 Å². The van der Waals surface area contributed by atoms with E-state index in [1.165, 1.54) is 0 Å². The molecule has 1 saturated heterocycles. The van der Waals surface area contributed by atoms with Gasteiger partial charge >= 0.3 is 0 Å². The summed E-state index contributed by atoms with van der Waals surface area (Å²) in [7, 11) is 0. The number of ether oxygens (including phenoxy) is 1. The topological polar surface area (TPSA) is 67.6 Å². The number of hydrogen-bond acceptors (Lipinski definition) is 4. The Morgan fingerprint density at radius 2 is 2.47 bits per heavy atom. The molecule has 0 radical (unpaired) electrons. The molecule has 3 N–H and O–H groups in total. The Morgan fingerprint density at radius 1 is 1.73 bits per heavy atom. The van der Waals surface area contributed by atoms with Gasteiger partial charge in [0.25, 0.3) is 0 Å². The molecule has 1 fully saturated rings. The molecule has 15 heavy (non-hydrogen) atoms. The van der Waals surface area contributed by atoms with Crippen molar-refractivity contribution in [3.63, 3.8) is 0 Å². The lowest BCUT2D eigenvalue weighted by Crippen LogP contribution is -2.49. The Kier molecular flexibility index (Phi) is 5.01. The summed E-state index contributed by atoms with van der Waals surface area (Å²) in [5.74, 6) is -0.118. The van der Waals surface area contributed by atoms with E-state index in [0.29, 0.717) is 6.54 Å². The Labute approximate surface area is 90.9 Å². The van der Waals surface area contributed by atoms with Crippen LogP contribution in [0.2, 0.25) is 0 Å². The molecule has 5 heteroatoms. The molecule has 0 bridgehead atoms. The Morgan fingerprint density at radius 3 is 3.07 bits per heavy atom. The first-order chi connectivity index (χ1) is 7.13. The fourth-order valence-electron chi connectivity index (χ4n) is 1.57. The Bertz CT molecular complexity index is 209. The first-order valence-corrected chi connectivity index (χ1v) is 5.50. The maximum Gasteiger partial charge on any atom is 0.236 e. The standard InChI is InChI=1S/C10H21N3O2/c1-3-13-4-5-15-9(7-13)6-12-10(14)8(2)11/h8-9H,3-7,11H2,1-2H3,(H,12,14)/t8-,9?/m0/s1. The molecule has 5 nitrogen and oxygen atoms in total. The molecular formula is C10H21N3O2. The summed E-state index contributed by atoms with van der Waals surface area (Å²) in [4.78, 5) is 13.5. The fraction of sp³-hybridized carbons (Fsp3) is 0.900. The van der Waals surface area contributed by atoms with Crippen LogP contribution >= 0.6 is 0 Å². The number of rotatable bonds is 4. The highest BCUT2D eigenvalue weighted by molar-refractivity contribution is 5.80. The lowest BCUT2D eigenvalue weighted by Gasteiger charge is -2.32. The minimum absolute atomic E-state index is 0.0985. The molecule has 0 aliphatic carbocycles. The number of amides is 1. The van der Waals surface area contributed by atoms with Crippen molar-refractivity contribution >= 4 is 5.91 Å². The van der Waals surface area contributed by atoms with Gasteiger partial charge in [0.15, 0.2) is 0 Å². The Hall–Kier alpha value is -0.650. The van der Waals surface area contributed by atoms with E-state index in [4.69, 9.17) is 10.5 Å². The van der Waals surface area contributed by atoms with Crippen molar-refractivity contribution in [2.24, 2.45) is 5.73 Å². The van der Waals surface area contributed by atoms with Crippen molar-refractivity contribution < 1.29 is 9.53 Å². The third-order valence-electron chi connectivity index (χ3n) is 2.59. The largest absolute Gasteiger partial charge is 0.374 e. The van der Waals surface area contributed by atoms with Crippen molar-refractivity contribution in [2.75, 3.05) is 32.8 Å². The zero-order valence-corrected chi connectivity index (χ0v) is 9.53. The number of nitrogens with two attached hydrogens (primary N) is 1. The van der Waals surface area contributed by atoms with E-state index in [9.17, 15) is 4.79 Å². The normalized spacial score (nSPS) is 24.9. The smallest absolute Gasteiger partial charge is 0.236 e. The zero-order chi connectivity index (χ0) is 11.3. The number of morpholine rings is 1. The number of carbonyl (C=O) groups excluding carboxylic acids is 1. The maximum atomic E-state index is 11.2. The van der Waals surface area contributed by atoms with Crippen LogP contribution in [-0.2, 0) is 9.53 Å². The summed E-state index contributed by atoms with van der Waals surface area (Å²) in [6.07, 6.45) is 0.0985. The predicted octanol–water partition coefficient (Wildman–Crippen LogP) is -0.829. The summed E-state index contributed by atoms with van der Waals surface area (Å²) in [5, 5.41) is 2.78. The van der Waals surface area contributed by atoms with E-state index in [1.807, 2.05) is 0 Å². The zero-order valence-electron chi connectivity index (χ0n) is 9.53. The second-order valence-corrected chi connectivity index (χ2v) is 3.92. The van der Waals surface area contributed by atoms with Gasteiger partial charge in [0.1, 0.15) is 0 Å². The molecule has 1 aliphatic heterocycles. The van der Waals surface area contributed by atoms with Crippen LogP contribution in [0.5, 0.6) is 0 Å². The fourth-order valence-corrected chi connectivity index (χ4v) is 1.57. The number of hydrogen-bond donors (Lipinski definition) is 2. The molecule has 2 atom stereocenters. The summed E-state index contributed by atoms with van der Waals surface area (Å²) in [5.41, 5.74) is 5.44. The molecule has 1 amide bonds. The van der Waals surface area contributed by atoms with Gasteiger partial charge in [0.05, 0.1) is 18.8 Å². The highest BCUT2D eigenvalue weighted by Crippen LogP contribution is 2.03. The molecule has 88 valence electrons. The summed E-state index contributed by atoms with van der Waals surface area (Å²) < 4.78 is 5.54. The minimum atomic E-state index is -0.448. The third kappa shape index (κ3) is 4.15. The van der Waals surface area contributed by atoms with Gasteiger partial charge < -0.3 is 15.8 Å². The molecule has 0 aromatic rings. The van der Waals surface area contributed by atoms with E-state index in [1.54, 1.807) is 6.92 Å². The summed E-state index contributed by atoms with van der Waals surface area (Å²) >= 11 is 0. The van der Waals surface area contributed by atoms with Gasteiger partial charge in [-0.2, -0.15) is 0 Å². The quantitative estimate of drug-likeness (QED) is 0.642. The first-order valence-electron chi connectivity index (χ1n) is 5.50. The second kappa shape index (κ2) is 6.05. The van der Waals surface area contributed by atoms with E-state index in [-0.39, 0.29) is 12.0 Å². The van der Waals surface area contributed by atoms with Crippen LogP contribution in [0.3, 0.4) is 0 Å². The van der Waals surface area contributed by atoms with E-state index >= 15 is 0 Å². The van der Waals surface area contributed by atoms with Crippen LogP contribution in [0.4, 0.5) is 0 Å². The van der Waals surface area contributed by atoms with E-state index in [2.05, 4.69) is 17.1 Å². The Balaban J connectivity index is 2.23. The summed E-state index contributed by atoms with van der Waals surface area (Å²) in [6.45, 7) is 7.99. The van der Waals surface area contributed by atoms with Crippen LogP contribution < -0.4 is 11.1 Å².